The Balaban J connectivity index is 1.91. The lowest BCUT2D eigenvalue weighted by Gasteiger charge is -2.05. The maximum atomic E-state index is 12.7. The van der Waals surface area contributed by atoms with Crippen LogP contribution in [0.4, 0.5) is 15.2 Å². The molecule has 0 saturated carbocycles. The number of amides is 1. The van der Waals surface area contributed by atoms with E-state index in [0.717, 1.165) is 11.3 Å². The minimum absolute atomic E-state index is 0.0274. The van der Waals surface area contributed by atoms with Gasteiger partial charge in [-0.15, -0.1) is 0 Å². The number of ketones is 1. The van der Waals surface area contributed by atoms with E-state index >= 15 is 0 Å². The highest BCUT2D eigenvalue weighted by atomic mass is 32.1. The Bertz CT molecular complexity index is 667. The van der Waals surface area contributed by atoms with Crippen molar-refractivity contribution in [3.63, 3.8) is 0 Å². The zero-order valence-electron chi connectivity index (χ0n) is 11.6. The van der Waals surface area contributed by atoms with Gasteiger partial charge < -0.3 is 10.6 Å². The summed E-state index contributed by atoms with van der Waals surface area (Å²) in [6, 6.07) is 5.71. The van der Waals surface area contributed by atoms with Crippen molar-refractivity contribution in [2.24, 2.45) is 0 Å². The van der Waals surface area contributed by atoms with Crippen molar-refractivity contribution in [1.29, 1.82) is 0 Å². The van der Waals surface area contributed by atoms with Crippen LogP contribution in [0.25, 0.3) is 0 Å². The SMILES string of the molecule is CC(=O)c1sc(NC(=O)CNc2ccc(F)cc2)nc1C. The number of nitrogens with zero attached hydrogens (tertiary/aromatic N) is 1. The molecule has 1 heterocycles. The van der Waals surface area contributed by atoms with Crippen LogP contribution >= 0.6 is 11.3 Å². The van der Waals surface area contributed by atoms with Crippen molar-refractivity contribution in [3.8, 4) is 0 Å². The van der Waals surface area contributed by atoms with Crippen LogP contribution in [0.2, 0.25) is 0 Å². The van der Waals surface area contributed by atoms with Gasteiger partial charge >= 0.3 is 0 Å². The Morgan fingerprint density at radius 3 is 2.52 bits per heavy atom. The first-order valence-electron chi connectivity index (χ1n) is 6.23. The number of carbonyl (C=O) groups is 2. The Hall–Kier alpha value is -2.28. The lowest BCUT2D eigenvalue weighted by Crippen LogP contribution is -2.21. The van der Waals surface area contributed by atoms with Gasteiger partial charge in [-0.3, -0.25) is 9.59 Å². The van der Waals surface area contributed by atoms with Gasteiger partial charge in [0, 0.05) is 12.6 Å². The fourth-order valence-electron chi connectivity index (χ4n) is 1.69. The van der Waals surface area contributed by atoms with Crippen molar-refractivity contribution in [3.05, 3.63) is 40.7 Å². The number of aryl methyl sites for hydroxylation is 1. The lowest BCUT2D eigenvalue weighted by atomic mass is 10.3. The smallest absolute Gasteiger partial charge is 0.245 e. The highest BCUT2D eigenvalue weighted by Gasteiger charge is 2.13. The van der Waals surface area contributed by atoms with Gasteiger partial charge in [-0.1, -0.05) is 11.3 Å². The third kappa shape index (κ3) is 4.09. The molecule has 2 rings (SSSR count). The van der Waals surface area contributed by atoms with E-state index in [4.69, 9.17) is 0 Å². The zero-order valence-corrected chi connectivity index (χ0v) is 12.4. The highest BCUT2D eigenvalue weighted by Crippen LogP contribution is 2.22. The van der Waals surface area contributed by atoms with E-state index in [1.807, 2.05) is 0 Å². The van der Waals surface area contributed by atoms with Crippen LogP contribution in [0.15, 0.2) is 24.3 Å². The quantitative estimate of drug-likeness (QED) is 0.833. The van der Waals surface area contributed by atoms with Crippen LogP contribution in [-0.4, -0.2) is 23.2 Å². The normalized spacial score (nSPS) is 10.2. The Kier molecular flexibility index (Phi) is 4.64. The van der Waals surface area contributed by atoms with Crippen molar-refractivity contribution >= 4 is 33.8 Å². The number of benzene rings is 1. The highest BCUT2D eigenvalue weighted by molar-refractivity contribution is 7.17. The second-order valence-electron chi connectivity index (χ2n) is 4.40. The molecule has 0 unspecified atom stereocenters. The minimum Gasteiger partial charge on any atom is -0.376 e. The van der Waals surface area contributed by atoms with Crippen molar-refractivity contribution in [2.45, 2.75) is 13.8 Å². The summed E-state index contributed by atoms with van der Waals surface area (Å²) < 4.78 is 12.7. The first-order chi connectivity index (χ1) is 9.95. The topological polar surface area (TPSA) is 71.1 Å². The number of carbonyl (C=O) groups excluding carboxylic acids is 2. The monoisotopic (exact) mass is 307 g/mol. The maximum absolute atomic E-state index is 12.7. The molecule has 7 heteroatoms. The molecule has 5 nitrogen and oxygen atoms in total. The Morgan fingerprint density at radius 1 is 1.29 bits per heavy atom. The molecule has 1 aromatic heterocycles. The summed E-state index contributed by atoms with van der Waals surface area (Å²) in [7, 11) is 0. The van der Waals surface area contributed by atoms with E-state index in [0.29, 0.717) is 21.4 Å². The van der Waals surface area contributed by atoms with Crippen LogP contribution in [0.5, 0.6) is 0 Å². The Morgan fingerprint density at radius 2 is 1.95 bits per heavy atom. The molecule has 110 valence electrons. The Labute approximate surface area is 125 Å². The number of aromatic nitrogens is 1. The molecule has 0 bridgehead atoms. The number of hydrogen-bond donors (Lipinski definition) is 2. The second kappa shape index (κ2) is 6.45. The average molecular weight is 307 g/mol. The fourth-order valence-corrected chi connectivity index (χ4v) is 2.57. The van der Waals surface area contributed by atoms with Gasteiger partial charge in [0.1, 0.15) is 5.82 Å². The van der Waals surface area contributed by atoms with Gasteiger partial charge in [-0.25, -0.2) is 9.37 Å². The summed E-state index contributed by atoms with van der Waals surface area (Å²) in [5, 5.41) is 5.88. The lowest BCUT2D eigenvalue weighted by molar-refractivity contribution is -0.114. The summed E-state index contributed by atoms with van der Waals surface area (Å²) in [5.41, 5.74) is 1.25. The molecule has 0 spiro atoms. The number of nitrogens with one attached hydrogen (secondary N) is 2. The van der Waals surface area contributed by atoms with Gasteiger partial charge in [0.2, 0.25) is 5.91 Å². The molecule has 1 aromatic carbocycles. The number of rotatable bonds is 5. The molecule has 21 heavy (non-hydrogen) atoms. The van der Waals surface area contributed by atoms with E-state index in [1.54, 1.807) is 19.1 Å². The van der Waals surface area contributed by atoms with Gasteiger partial charge in [-0.05, 0) is 31.2 Å². The molecule has 0 saturated heterocycles. The van der Waals surface area contributed by atoms with Crippen LogP contribution < -0.4 is 10.6 Å². The van der Waals surface area contributed by atoms with Crippen LogP contribution in [-0.2, 0) is 4.79 Å². The molecule has 0 fully saturated rings. The van der Waals surface area contributed by atoms with E-state index < -0.39 is 0 Å². The zero-order chi connectivity index (χ0) is 15.4. The number of anilines is 2. The third-order valence-electron chi connectivity index (χ3n) is 2.66. The standard InChI is InChI=1S/C14H14FN3O2S/c1-8-13(9(2)19)21-14(17-8)18-12(20)7-16-11-5-3-10(15)4-6-11/h3-6,16H,7H2,1-2H3,(H,17,18,20). The van der Waals surface area contributed by atoms with E-state index in [2.05, 4.69) is 15.6 Å². The predicted octanol–water partition coefficient (Wildman–Crippen LogP) is 2.84. The van der Waals surface area contributed by atoms with Gasteiger partial charge in [-0.2, -0.15) is 0 Å². The predicted molar refractivity (Wildman–Crippen MR) is 80.4 cm³/mol. The van der Waals surface area contributed by atoms with Crippen molar-refractivity contribution in [1.82, 2.24) is 4.98 Å². The minimum atomic E-state index is -0.333. The van der Waals surface area contributed by atoms with Crippen LogP contribution in [0, 0.1) is 12.7 Å². The van der Waals surface area contributed by atoms with Gasteiger partial charge in [0.05, 0.1) is 17.1 Å². The first kappa shape index (κ1) is 15.1. The van der Waals surface area contributed by atoms with Crippen LogP contribution in [0.3, 0.4) is 0 Å². The molecule has 1 amide bonds. The van der Waals surface area contributed by atoms with E-state index in [9.17, 15) is 14.0 Å². The summed E-state index contributed by atoms with van der Waals surface area (Å²) in [6.07, 6.45) is 0. The molecular formula is C14H14FN3O2S. The summed E-state index contributed by atoms with van der Waals surface area (Å²) in [4.78, 5) is 27.8. The number of hydrogen-bond acceptors (Lipinski definition) is 5. The molecule has 0 aliphatic heterocycles. The van der Waals surface area contributed by atoms with E-state index in [1.165, 1.54) is 19.1 Å². The summed E-state index contributed by atoms with van der Waals surface area (Å²) in [6.45, 7) is 3.21. The molecule has 2 aromatic rings. The largest absolute Gasteiger partial charge is 0.376 e. The number of Topliss-reactive ketones (excluding diaryl/α,β-unsaturated/α-hetero) is 1. The third-order valence-corrected chi connectivity index (χ3v) is 3.83. The molecule has 0 radical (unpaired) electrons. The second-order valence-corrected chi connectivity index (χ2v) is 5.40. The molecule has 0 aliphatic rings. The molecular weight excluding hydrogens is 293 g/mol. The first-order valence-corrected chi connectivity index (χ1v) is 7.05. The average Bonchev–Trinajstić information content (AvgIpc) is 2.79. The number of thiazole rings is 1. The van der Waals surface area contributed by atoms with Crippen LogP contribution in [0.1, 0.15) is 22.3 Å². The molecule has 2 N–H and O–H groups in total. The maximum Gasteiger partial charge on any atom is 0.245 e. The van der Waals surface area contributed by atoms with E-state index in [-0.39, 0.29) is 24.1 Å². The number of halogens is 1. The van der Waals surface area contributed by atoms with Gasteiger partial charge in [0.15, 0.2) is 10.9 Å². The molecule has 0 aliphatic carbocycles. The van der Waals surface area contributed by atoms with Gasteiger partial charge in [0.25, 0.3) is 0 Å². The summed E-state index contributed by atoms with van der Waals surface area (Å²) in [5.74, 6) is -0.696. The fraction of sp³-hybridized carbons (Fsp3) is 0.214. The summed E-state index contributed by atoms with van der Waals surface area (Å²) >= 11 is 1.15. The van der Waals surface area contributed by atoms with Crippen molar-refractivity contribution in [2.75, 3.05) is 17.2 Å². The molecule has 0 atom stereocenters. The van der Waals surface area contributed by atoms with Crippen molar-refractivity contribution < 1.29 is 14.0 Å².